The number of carbonyl (C=O) groups excluding carboxylic acids is 2. The smallest absolute Gasteiger partial charge is 0.414 e. The van der Waals surface area contributed by atoms with E-state index < -0.39 is 6.09 Å². The molecule has 2 saturated heterocycles. The van der Waals surface area contributed by atoms with Gasteiger partial charge in [-0.15, -0.1) is 12.4 Å². The fourth-order valence-corrected chi connectivity index (χ4v) is 4.29. The minimum absolute atomic E-state index is 0. The largest absolute Gasteiger partial charge is 0.447 e. The Bertz CT molecular complexity index is 993. The van der Waals surface area contributed by atoms with E-state index in [2.05, 4.69) is 22.9 Å². The zero-order valence-electron chi connectivity index (χ0n) is 17.8. The van der Waals surface area contributed by atoms with Crippen molar-refractivity contribution in [3.63, 3.8) is 0 Å². The molecule has 166 valence electrons. The molecule has 0 radical (unpaired) electrons. The van der Waals surface area contributed by atoms with Crippen LogP contribution in [0, 0.1) is 13.8 Å². The first-order chi connectivity index (χ1) is 14.3. The molecule has 0 bridgehead atoms. The van der Waals surface area contributed by atoms with Crippen molar-refractivity contribution in [1.82, 2.24) is 9.88 Å². The monoisotopic (exact) mass is 464 g/mol. The van der Waals surface area contributed by atoms with Gasteiger partial charge in [0.05, 0.1) is 16.6 Å². The molecule has 0 spiro atoms. The summed E-state index contributed by atoms with van der Waals surface area (Å²) in [7, 11) is 0. The first-order valence-electron chi connectivity index (χ1n) is 10.1. The summed E-state index contributed by atoms with van der Waals surface area (Å²) in [5.41, 5.74) is 3.36. The molecule has 9 heteroatoms. The molecule has 0 N–H and O–H groups in total. The molecule has 0 saturated carbocycles. The Morgan fingerprint density at radius 3 is 2.45 bits per heavy atom. The molecular formula is C22H26Cl2N4O3. The number of ether oxygens (including phenoxy) is 1. The lowest BCUT2D eigenvalue weighted by atomic mass is 10.1. The molecule has 2 aromatic rings. The quantitative estimate of drug-likeness (QED) is 0.684. The van der Waals surface area contributed by atoms with E-state index in [4.69, 9.17) is 16.3 Å². The number of anilines is 2. The first kappa shape index (κ1) is 23.2. The van der Waals surface area contributed by atoms with Crippen LogP contribution in [0.5, 0.6) is 0 Å². The van der Waals surface area contributed by atoms with Gasteiger partial charge in [0.1, 0.15) is 12.4 Å². The fourth-order valence-electron chi connectivity index (χ4n) is 4.03. The van der Waals surface area contributed by atoms with Crippen LogP contribution < -0.4 is 9.80 Å². The summed E-state index contributed by atoms with van der Waals surface area (Å²) in [5.74, 6) is 0.874. The van der Waals surface area contributed by atoms with E-state index in [-0.39, 0.29) is 24.4 Å². The number of hydrogen-bond donors (Lipinski definition) is 0. The van der Waals surface area contributed by atoms with Crippen LogP contribution in [0.1, 0.15) is 28.4 Å². The lowest BCUT2D eigenvalue weighted by Crippen LogP contribution is -2.49. The van der Waals surface area contributed by atoms with Crippen molar-refractivity contribution in [3.8, 4) is 0 Å². The standard InChI is InChI=1S/C22H25ClN4O3.ClH/c1-14-10-15(2)20(24-12-14)25-6-8-26(9-7-25)21(28)18-5-4-17(11-19(18)23)27-16(3)13-30-22(27)29;/h4-5,10-12,16H,6-9,13H2,1-3H3;1H. The number of cyclic esters (lactones) is 1. The number of nitrogens with zero attached hydrogens (tertiary/aromatic N) is 4. The van der Waals surface area contributed by atoms with Gasteiger partial charge in [0.25, 0.3) is 5.91 Å². The van der Waals surface area contributed by atoms with Gasteiger partial charge in [-0.3, -0.25) is 9.69 Å². The van der Waals surface area contributed by atoms with Crippen LogP contribution in [0.15, 0.2) is 30.5 Å². The van der Waals surface area contributed by atoms with Crippen LogP contribution >= 0.6 is 24.0 Å². The van der Waals surface area contributed by atoms with Gasteiger partial charge in [0.15, 0.2) is 0 Å². The van der Waals surface area contributed by atoms with Gasteiger partial charge in [0.2, 0.25) is 0 Å². The van der Waals surface area contributed by atoms with Crippen LogP contribution in [0.3, 0.4) is 0 Å². The molecule has 1 aromatic heterocycles. The molecule has 2 fully saturated rings. The predicted octanol–water partition coefficient (Wildman–Crippen LogP) is 4.08. The van der Waals surface area contributed by atoms with Crippen molar-refractivity contribution in [2.45, 2.75) is 26.8 Å². The predicted molar refractivity (Wildman–Crippen MR) is 124 cm³/mol. The van der Waals surface area contributed by atoms with Gasteiger partial charge in [-0.05, 0) is 50.1 Å². The Kier molecular flexibility index (Phi) is 6.96. The molecule has 1 atom stereocenters. The van der Waals surface area contributed by atoms with E-state index in [1.54, 1.807) is 23.1 Å². The molecule has 31 heavy (non-hydrogen) atoms. The van der Waals surface area contributed by atoms with E-state index in [1.165, 1.54) is 0 Å². The zero-order valence-corrected chi connectivity index (χ0v) is 19.4. The van der Waals surface area contributed by atoms with Crippen molar-refractivity contribution in [2.24, 2.45) is 0 Å². The minimum atomic E-state index is -0.395. The van der Waals surface area contributed by atoms with Gasteiger partial charge in [0, 0.05) is 38.1 Å². The summed E-state index contributed by atoms with van der Waals surface area (Å²) in [6.07, 6.45) is 1.48. The van der Waals surface area contributed by atoms with Crippen LogP contribution in [0.2, 0.25) is 5.02 Å². The average Bonchev–Trinajstić information content (AvgIpc) is 3.06. The fraction of sp³-hybridized carbons (Fsp3) is 0.409. The Morgan fingerprint density at radius 1 is 1.16 bits per heavy atom. The number of halogens is 2. The maximum atomic E-state index is 13.0. The van der Waals surface area contributed by atoms with Gasteiger partial charge < -0.3 is 14.5 Å². The highest BCUT2D eigenvalue weighted by Crippen LogP contribution is 2.29. The van der Waals surface area contributed by atoms with Crippen LogP contribution in [-0.2, 0) is 4.74 Å². The van der Waals surface area contributed by atoms with Gasteiger partial charge >= 0.3 is 6.09 Å². The number of aromatic nitrogens is 1. The molecule has 4 rings (SSSR count). The number of benzene rings is 1. The van der Waals surface area contributed by atoms with Gasteiger partial charge in [-0.1, -0.05) is 17.7 Å². The number of hydrogen-bond acceptors (Lipinski definition) is 5. The van der Waals surface area contributed by atoms with Crippen molar-refractivity contribution in [2.75, 3.05) is 42.6 Å². The summed E-state index contributed by atoms with van der Waals surface area (Å²) in [6, 6.07) is 7.15. The van der Waals surface area contributed by atoms with Crippen molar-refractivity contribution in [1.29, 1.82) is 0 Å². The SMILES string of the molecule is Cc1cnc(N2CCN(C(=O)c3ccc(N4C(=O)OCC4C)cc3Cl)CC2)c(C)c1.Cl. The normalized spacial score (nSPS) is 18.6. The average molecular weight is 465 g/mol. The zero-order chi connectivity index (χ0) is 21.4. The topological polar surface area (TPSA) is 66.0 Å². The van der Waals surface area contributed by atoms with E-state index >= 15 is 0 Å². The number of aryl methyl sites for hydroxylation is 2. The molecule has 2 aliphatic heterocycles. The Morgan fingerprint density at radius 2 is 1.87 bits per heavy atom. The van der Waals surface area contributed by atoms with E-state index in [0.717, 1.165) is 30.0 Å². The van der Waals surface area contributed by atoms with Crippen molar-refractivity contribution < 1.29 is 14.3 Å². The van der Waals surface area contributed by atoms with Crippen LogP contribution in [0.4, 0.5) is 16.3 Å². The second-order valence-electron chi connectivity index (χ2n) is 7.89. The summed E-state index contributed by atoms with van der Waals surface area (Å²) >= 11 is 6.43. The highest BCUT2D eigenvalue weighted by molar-refractivity contribution is 6.34. The number of pyridine rings is 1. The second kappa shape index (κ2) is 9.32. The molecule has 0 aliphatic carbocycles. The minimum Gasteiger partial charge on any atom is -0.447 e. The summed E-state index contributed by atoms with van der Waals surface area (Å²) in [5, 5.41) is 0.336. The highest BCUT2D eigenvalue weighted by Gasteiger charge is 2.32. The number of carbonyl (C=O) groups is 2. The summed E-state index contributed by atoms with van der Waals surface area (Å²) in [6.45, 7) is 8.97. The Balaban J connectivity index is 0.00000272. The maximum Gasteiger partial charge on any atom is 0.414 e. The molecule has 3 heterocycles. The molecule has 2 amide bonds. The molecule has 1 aromatic carbocycles. The Labute approximate surface area is 193 Å². The highest BCUT2D eigenvalue weighted by atomic mass is 35.5. The number of amides is 2. The number of rotatable bonds is 3. The summed E-state index contributed by atoms with van der Waals surface area (Å²) < 4.78 is 5.07. The molecule has 2 aliphatic rings. The second-order valence-corrected chi connectivity index (χ2v) is 8.30. The third kappa shape index (κ3) is 4.57. The van der Waals surface area contributed by atoms with Gasteiger partial charge in [-0.2, -0.15) is 0 Å². The van der Waals surface area contributed by atoms with E-state index in [9.17, 15) is 9.59 Å². The third-order valence-electron chi connectivity index (χ3n) is 5.60. The first-order valence-corrected chi connectivity index (χ1v) is 10.5. The van der Waals surface area contributed by atoms with E-state index in [0.29, 0.717) is 36.0 Å². The Hall–Kier alpha value is -2.51. The molecule has 7 nitrogen and oxygen atoms in total. The third-order valence-corrected chi connectivity index (χ3v) is 5.91. The summed E-state index contributed by atoms with van der Waals surface area (Å²) in [4.78, 5) is 35.1. The maximum absolute atomic E-state index is 13.0. The lowest BCUT2D eigenvalue weighted by molar-refractivity contribution is 0.0746. The van der Waals surface area contributed by atoms with Crippen LogP contribution in [-0.4, -0.2) is 60.7 Å². The molecular weight excluding hydrogens is 439 g/mol. The van der Waals surface area contributed by atoms with E-state index in [1.807, 2.05) is 24.9 Å². The lowest BCUT2D eigenvalue weighted by Gasteiger charge is -2.36. The van der Waals surface area contributed by atoms with Gasteiger partial charge in [-0.25, -0.2) is 9.78 Å². The van der Waals surface area contributed by atoms with Crippen LogP contribution in [0.25, 0.3) is 0 Å². The molecule has 1 unspecified atom stereocenters. The van der Waals surface area contributed by atoms with Crippen molar-refractivity contribution in [3.05, 3.63) is 52.2 Å². The van der Waals surface area contributed by atoms with Crippen molar-refractivity contribution >= 4 is 47.5 Å². The number of piperazine rings is 1.